The van der Waals surface area contributed by atoms with Gasteiger partial charge >= 0.3 is 5.97 Å². The van der Waals surface area contributed by atoms with Crippen molar-refractivity contribution in [3.63, 3.8) is 0 Å². The van der Waals surface area contributed by atoms with Gasteiger partial charge in [0, 0.05) is 23.3 Å². The average molecular weight is 493 g/mol. The molecule has 0 bridgehead atoms. The number of carbonyl (C=O) groups is 2. The van der Waals surface area contributed by atoms with E-state index in [0.717, 1.165) is 44.9 Å². The van der Waals surface area contributed by atoms with Gasteiger partial charge in [0.05, 0.1) is 6.04 Å². The van der Waals surface area contributed by atoms with Crippen molar-refractivity contribution < 1.29 is 14.7 Å². The van der Waals surface area contributed by atoms with E-state index in [4.69, 9.17) is 11.6 Å². The van der Waals surface area contributed by atoms with Crippen LogP contribution in [0.5, 0.6) is 0 Å². The highest BCUT2D eigenvalue weighted by molar-refractivity contribution is 6.31. The molecule has 6 heteroatoms. The number of aryl methyl sites for hydroxylation is 3. The van der Waals surface area contributed by atoms with E-state index in [1.165, 1.54) is 24.4 Å². The van der Waals surface area contributed by atoms with Crippen molar-refractivity contribution >= 4 is 29.2 Å². The van der Waals surface area contributed by atoms with Gasteiger partial charge in [-0.25, -0.2) is 4.79 Å². The zero-order chi connectivity index (χ0) is 25.9. The number of halogens is 1. The maximum absolute atomic E-state index is 13.0. The molecule has 35 heavy (non-hydrogen) atoms. The molecule has 3 rings (SSSR count). The van der Waals surface area contributed by atoms with Gasteiger partial charge in [-0.3, -0.25) is 4.79 Å². The van der Waals surface area contributed by atoms with E-state index in [9.17, 15) is 14.7 Å². The van der Waals surface area contributed by atoms with E-state index in [1.54, 1.807) is 0 Å². The molecule has 1 amide bonds. The lowest BCUT2D eigenvalue weighted by molar-refractivity contribution is -0.141. The number of aliphatic carboxylic acids is 1. The van der Waals surface area contributed by atoms with Gasteiger partial charge in [-0.1, -0.05) is 54.9 Å². The fourth-order valence-electron chi connectivity index (χ4n) is 4.28. The summed E-state index contributed by atoms with van der Waals surface area (Å²) < 4.78 is 0. The average Bonchev–Trinajstić information content (AvgIpc) is 2.82. The number of anilines is 1. The van der Waals surface area contributed by atoms with Crippen LogP contribution in [0.2, 0.25) is 5.02 Å². The summed E-state index contributed by atoms with van der Waals surface area (Å²) in [6.45, 7) is 9.45. The van der Waals surface area contributed by atoms with Gasteiger partial charge in [-0.15, -0.1) is 0 Å². The molecule has 2 N–H and O–H groups in total. The van der Waals surface area contributed by atoms with Crippen molar-refractivity contribution in [2.24, 2.45) is 0 Å². The lowest BCUT2D eigenvalue weighted by atomic mass is 9.94. The third kappa shape index (κ3) is 5.85. The molecule has 2 unspecified atom stereocenters. The number of benzene rings is 3. The van der Waals surface area contributed by atoms with Crippen LogP contribution in [0.3, 0.4) is 0 Å². The summed E-state index contributed by atoms with van der Waals surface area (Å²) >= 11 is 6.21. The second kappa shape index (κ2) is 11.0. The minimum atomic E-state index is -1.03. The third-order valence-electron chi connectivity index (χ3n) is 6.53. The number of carboxylic acids is 1. The van der Waals surface area contributed by atoms with Crippen molar-refractivity contribution in [1.29, 1.82) is 0 Å². The van der Waals surface area contributed by atoms with Crippen LogP contribution in [0.4, 0.5) is 5.69 Å². The molecular weight excluding hydrogens is 460 g/mol. The molecule has 184 valence electrons. The lowest BCUT2D eigenvalue weighted by Crippen LogP contribution is -2.40. The molecule has 0 aromatic heterocycles. The summed E-state index contributed by atoms with van der Waals surface area (Å²) in [7, 11) is 1.52. The van der Waals surface area contributed by atoms with E-state index < -0.39 is 12.0 Å². The molecule has 0 radical (unpaired) electrons. The van der Waals surface area contributed by atoms with E-state index in [0.29, 0.717) is 5.56 Å². The Labute approximate surface area is 212 Å². The number of hydrogen-bond acceptors (Lipinski definition) is 3. The lowest BCUT2D eigenvalue weighted by Gasteiger charge is -2.24. The third-order valence-corrected chi connectivity index (χ3v) is 6.96. The molecular formula is C29H33ClN2O3. The Morgan fingerprint density at radius 2 is 1.63 bits per heavy atom. The Balaban J connectivity index is 1.89. The Kier molecular flexibility index (Phi) is 8.23. The first-order chi connectivity index (χ1) is 16.5. The number of carbonyl (C=O) groups excluding carboxylic acids is 1. The monoisotopic (exact) mass is 492 g/mol. The van der Waals surface area contributed by atoms with Crippen LogP contribution >= 0.6 is 11.6 Å². The molecule has 3 aromatic carbocycles. The zero-order valence-electron chi connectivity index (χ0n) is 21.1. The minimum Gasteiger partial charge on any atom is -0.480 e. The maximum Gasteiger partial charge on any atom is 0.326 e. The Morgan fingerprint density at radius 1 is 0.971 bits per heavy atom. The smallest absolute Gasteiger partial charge is 0.326 e. The second-order valence-corrected chi connectivity index (χ2v) is 9.52. The van der Waals surface area contributed by atoms with Crippen LogP contribution in [-0.2, 0) is 4.79 Å². The predicted molar refractivity (Wildman–Crippen MR) is 143 cm³/mol. The largest absolute Gasteiger partial charge is 0.480 e. The van der Waals surface area contributed by atoms with Crippen molar-refractivity contribution in [3.05, 3.63) is 87.4 Å². The molecule has 5 nitrogen and oxygen atoms in total. The van der Waals surface area contributed by atoms with E-state index in [1.807, 2.05) is 51.1 Å². The van der Waals surface area contributed by atoms with Crippen LogP contribution in [0.25, 0.3) is 11.1 Å². The summed E-state index contributed by atoms with van der Waals surface area (Å²) in [5.74, 6) is -1.32. The highest BCUT2D eigenvalue weighted by Crippen LogP contribution is 2.31. The molecule has 0 heterocycles. The number of rotatable bonds is 8. The number of likely N-dealkylation sites (N-methyl/N-ethyl adjacent to an activating group) is 1. The highest BCUT2D eigenvalue weighted by Gasteiger charge is 2.25. The van der Waals surface area contributed by atoms with E-state index >= 15 is 0 Å². The first kappa shape index (κ1) is 26.3. The topological polar surface area (TPSA) is 69.6 Å². The standard InChI is InChI=1S/C29H33ClN2O3/c1-7-26(22-11-12-25(30)17(2)13-22)31-24-10-8-9-21(16-24)23-14-18(3)27(19(4)15-23)28(33)32(6)20(5)29(34)35/h8-16,20,26,31H,7H2,1-6H3,(H,34,35). The van der Waals surface area contributed by atoms with Crippen LogP contribution in [0.1, 0.15) is 58.9 Å². The summed E-state index contributed by atoms with van der Waals surface area (Å²) in [5, 5.41) is 13.7. The fraction of sp³-hybridized carbons (Fsp3) is 0.310. The molecule has 0 aliphatic rings. The normalized spacial score (nSPS) is 12.7. The number of amides is 1. The summed E-state index contributed by atoms with van der Waals surface area (Å²) in [6.07, 6.45) is 0.919. The van der Waals surface area contributed by atoms with Crippen LogP contribution in [0.15, 0.2) is 54.6 Å². The van der Waals surface area contributed by atoms with Gasteiger partial charge in [0.2, 0.25) is 0 Å². The number of nitrogens with one attached hydrogen (secondary N) is 1. The number of carboxylic acid groups (broad SMARTS) is 1. The number of nitrogens with zero attached hydrogens (tertiary/aromatic N) is 1. The Morgan fingerprint density at radius 3 is 2.20 bits per heavy atom. The quantitative estimate of drug-likeness (QED) is 0.353. The Bertz CT molecular complexity index is 1230. The summed E-state index contributed by atoms with van der Waals surface area (Å²) in [4.78, 5) is 25.6. The molecule has 2 atom stereocenters. The molecule has 3 aromatic rings. The highest BCUT2D eigenvalue weighted by atomic mass is 35.5. The van der Waals surface area contributed by atoms with Crippen molar-refractivity contribution in [2.45, 2.75) is 53.1 Å². The van der Waals surface area contributed by atoms with Crippen LogP contribution in [-0.4, -0.2) is 35.0 Å². The van der Waals surface area contributed by atoms with E-state index in [-0.39, 0.29) is 11.9 Å². The zero-order valence-corrected chi connectivity index (χ0v) is 21.9. The molecule has 0 fully saturated rings. The fourth-order valence-corrected chi connectivity index (χ4v) is 4.40. The molecule has 0 spiro atoms. The van der Waals surface area contributed by atoms with Crippen LogP contribution in [0, 0.1) is 20.8 Å². The predicted octanol–water partition coefficient (Wildman–Crippen LogP) is 7.04. The number of hydrogen-bond donors (Lipinski definition) is 2. The van der Waals surface area contributed by atoms with Gasteiger partial charge in [0.25, 0.3) is 5.91 Å². The van der Waals surface area contributed by atoms with Gasteiger partial charge in [0.15, 0.2) is 0 Å². The van der Waals surface area contributed by atoms with Gasteiger partial charge < -0.3 is 15.3 Å². The maximum atomic E-state index is 13.0. The first-order valence-corrected chi connectivity index (χ1v) is 12.2. The molecule has 0 saturated carbocycles. The molecule has 0 aliphatic heterocycles. The minimum absolute atomic E-state index is 0.149. The van der Waals surface area contributed by atoms with E-state index in [2.05, 4.69) is 36.5 Å². The summed E-state index contributed by atoms with van der Waals surface area (Å²) in [5.41, 5.74) is 7.47. The molecule has 0 saturated heterocycles. The molecule has 0 aliphatic carbocycles. The first-order valence-electron chi connectivity index (χ1n) is 11.8. The van der Waals surface area contributed by atoms with Crippen molar-refractivity contribution in [2.75, 3.05) is 12.4 Å². The van der Waals surface area contributed by atoms with Gasteiger partial charge in [0.1, 0.15) is 6.04 Å². The van der Waals surface area contributed by atoms with Gasteiger partial charge in [-0.05, 0) is 85.7 Å². The second-order valence-electron chi connectivity index (χ2n) is 9.11. The van der Waals surface area contributed by atoms with Gasteiger partial charge in [-0.2, -0.15) is 0 Å². The SMILES string of the molecule is CCC(Nc1cccc(-c2cc(C)c(C(=O)N(C)C(C)C(=O)O)c(C)c2)c1)c1ccc(Cl)c(C)c1. The van der Waals surface area contributed by atoms with Crippen LogP contribution < -0.4 is 5.32 Å². The van der Waals surface area contributed by atoms with Crippen molar-refractivity contribution in [1.82, 2.24) is 4.90 Å². The Hall–Kier alpha value is -3.31. The van der Waals surface area contributed by atoms with Crippen molar-refractivity contribution in [3.8, 4) is 11.1 Å². The summed E-state index contributed by atoms with van der Waals surface area (Å²) in [6, 6.07) is 17.6.